The molecule has 1 heterocycles. The lowest BCUT2D eigenvalue weighted by atomic mass is 9.79. The molecule has 3 aromatic rings. The van der Waals surface area contributed by atoms with Crippen molar-refractivity contribution in [1.82, 2.24) is 5.32 Å². The van der Waals surface area contributed by atoms with Gasteiger partial charge in [-0.25, -0.2) is 4.79 Å². The van der Waals surface area contributed by atoms with E-state index in [4.69, 9.17) is 37.4 Å². The van der Waals surface area contributed by atoms with Gasteiger partial charge in [-0.05, 0) is 73.2 Å². The first-order valence-electron chi connectivity index (χ1n) is 12.8. The summed E-state index contributed by atoms with van der Waals surface area (Å²) in [7, 11) is 0. The van der Waals surface area contributed by atoms with Gasteiger partial charge in [-0.15, -0.1) is 0 Å². The number of carbonyl (C=O) groups is 2. The number of halogens is 3. The Bertz CT molecular complexity index is 1600. The lowest BCUT2D eigenvalue weighted by molar-refractivity contribution is -0.138. The van der Waals surface area contributed by atoms with Crippen LogP contribution in [0.4, 0.5) is 0 Å². The molecule has 0 bridgehead atoms. The summed E-state index contributed by atoms with van der Waals surface area (Å²) in [6, 6.07) is 16.5. The normalized spacial score (nSPS) is 15.9. The summed E-state index contributed by atoms with van der Waals surface area (Å²) >= 11 is 14.6. The number of nitrogens with one attached hydrogen (secondary N) is 1. The van der Waals surface area contributed by atoms with Gasteiger partial charge in [0, 0.05) is 43.9 Å². The predicted octanol–water partition coefficient (Wildman–Crippen LogP) is 7.71. The van der Waals surface area contributed by atoms with E-state index in [2.05, 4.69) is 27.9 Å². The zero-order chi connectivity index (χ0) is 28.6. The summed E-state index contributed by atoms with van der Waals surface area (Å²) in [6.45, 7) is 6.28. The zero-order valence-corrected chi connectivity index (χ0v) is 25.7. The quantitative estimate of drug-likeness (QED) is 0.193. The number of ether oxygens (including phenoxy) is 3. The molecule has 0 saturated heterocycles. The number of fused-ring (bicyclic) bond motifs is 2. The van der Waals surface area contributed by atoms with Crippen molar-refractivity contribution in [2.45, 2.75) is 33.3 Å². The van der Waals surface area contributed by atoms with Gasteiger partial charge >= 0.3 is 5.97 Å². The number of rotatable bonds is 8. The Morgan fingerprint density at radius 3 is 2.45 bits per heavy atom. The van der Waals surface area contributed by atoms with E-state index in [9.17, 15) is 9.59 Å². The van der Waals surface area contributed by atoms with Gasteiger partial charge in [0.15, 0.2) is 17.3 Å². The molecule has 0 radical (unpaired) electrons. The second-order valence-corrected chi connectivity index (χ2v) is 11.3. The number of allylic oxidation sites excluding steroid dienone is 2. The molecule has 2 aliphatic rings. The minimum atomic E-state index is -0.664. The van der Waals surface area contributed by atoms with Gasteiger partial charge in [-0.1, -0.05) is 53.5 Å². The van der Waals surface area contributed by atoms with Crippen molar-refractivity contribution in [3.8, 4) is 11.5 Å². The monoisotopic (exact) mass is 689 g/mol. The van der Waals surface area contributed by atoms with Gasteiger partial charge in [0.05, 0.1) is 28.1 Å². The molecular formula is C31H26Cl2INO5. The third-order valence-electron chi connectivity index (χ3n) is 6.80. The molecule has 0 amide bonds. The fourth-order valence-corrected chi connectivity index (χ4v) is 6.33. The van der Waals surface area contributed by atoms with Crippen LogP contribution in [-0.4, -0.2) is 25.0 Å². The molecule has 6 nitrogen and oxygen atoms in total. The van der Waals surface area contributed by atoms with Gasteiger partial charge in [0.25, 0.3) is 0 Å². The van der Waals surface area contributed by atoms with Crippen molar-refractivity contribution in [3.63, 3.8) is 0 Å². The SMILES string of the molecule is CCOC(=O)C1=C(C)NC2=C(C(=O)c3ccccc32)[C@H]1c1cc(I)c(OCc2ccc(Cl)cc2Cl)c(OCC)c1. The average molecular weight is 690 g/mol. The molecule has 9 heteroatoms. The first kappa shape index (κ1) is 28.5. The number of dihydropyridines is 1. The van der Waals surface area contributed by atoms with E-state index >= 15 is 0 Å². The standard InChI is InChI=1S/C31H26Cl2INO5/c1-4-38-24-13-18(12-23(34)30(24)40-15-17-10-11-19(32)14-22(17)33)26-25(31(37)39-5-2)16(3)35-28-20-8-6-7-9-21(20)29(36)27(26)28/h6-14,26,35H,4-5,15H2,1-3H3/t26-/m0/s1. The molecule has 1 aliphatic heterocycles. The second-order valence-electron chi connectivity index (χ2n) is 9.27. The minimum Gasteiger partial charge on any atom is -0.490 e. The van der Waals surface area contributed by atoms with Crippen LogP contribution in [0.2, 0.25) is 10.0 Å². The van der Waals surface area contributed by atoms with Gasteiger partial charge in [0.2, 0.25) is 0 Å². The third kappa shape index (κ3) is 5.22. The van der Waals surface area contributed by atoms with E-state index < -0.39 is 11.9 Å². The molecule has 0 fully saturated rings. The predicted molar refractivity (Wildman–Crippen MR) is 164 cm³/mol. The minimum absolute atomic E-state index is 0.122. The lowest BCUT2D eigenvalue weighted by Crippen LogP contribution is -2.29. The zero-order valence-electron chi connectivity index (χ0n) is 22.1. The molecule has 1 aliphatic carbocycles. The van der Waals surface area contributed by atoms with Gasteiger partial charge in [-0.3, -0.25) is 4.79 Å². The number of carbonyl (C=O) groups excluding carboxylic acids is 2. The summed E-state index contributed by atoms with van der Waals surface area (Å²) in [6.07, 6.45) is 0. The van der Waals surface area contributed by atoms with Crippen molar-refractivity contribution in [1.29, 1.82) is 0 Å². The molecule has 1 atom stereocenters. The van der Waals surface area contributed by atoms with E-state index in [-0.39, 0.29) is 19.0 Å². The van der Waals surface area contributed by atoms with Crippen LogP contribution in [0.5, 0.6) is 11.5 Å². The molecule has 1 N–H and O–H groups in total. The Balaban J connectivity index is 1.61. The highest BCUT2D eigenvalue weighted by atomic mass is 127. The molecule has 0 unspecified atom stereocenters. The van der Waals surface area contributed by atoms with Crippen LogP contribution in [0.1, 0.15) is 53.7 Å². The Morgan fingerprint density at radius 1 is 1.00 bits per heavy atom. The molecule has 3 aromatic carbocycles. The maximum absolute atomic E-state index is 13.8. The van der Waals surface area contributed by atoms with Gasteiger partial charge < -0.3 is 19.5 Å². The number of benzene rings is 3. The highest BCUT2D eigenvalue weighted by Crippen LogP contribution is 2.49. The van der Waals surface area contributed by atoms with E-state index in [0.29, 0.717) is 56.3 Å². The lowest BCUT2D eigenvalue weighted by Gasteiger charge is -2.30. The van der Waals surface area contributed by atoms with Crippen LogP contribution >= 0.6 is 45.8 Å². The third-order valence-corrected chi connectivity index (χ3v) is 8.18. The Hall–Kier alpha value is -3.01. The van der Waals surface area contributed by atoms with Crippen LogP contribution < -0.4 is 14.8 Å². The maximum Gasteiger partial charge on any atom is 0.336 e. The molecule has 206 valence electrons. The smallest absolute Gasteiger partial charge is 0.336 e. The van der Waals surface area contributed by atoms with E-state index in [1.807, 2.05) is 56.3 Å². The molecule has 0 spiro atoms. The van der Waals surface area contributed by atoms with E-state index in [0.717, 1.165) is 20.3 Å². The molecule has 40 heavy (non-hydrogen) atoms. The van der Waals surface area contributed by atoms with Crippen LogP contribution in [0.3, 0.4) is 0 Å². The second kappa shape index (κ2) is 11.8. The van der Waals surface area contributed by atoms with Crippen LogP contribution in [0.15, 0.2) is 71.4 Å². The van der Waals surface area contributed by atoms with Gasteiger partial charge in [-0.2, -0.15) is 0 Å². The van der Waals surface area contributed by atoms with Crippen molar-refractivity contribution < 1.29 is 23.8 Å². The summed E-state index contributed by atoms with van der Waals surface area (Å²) < 4.78 is 18.4. The fraction of sp³-hybridized carbons (Fsp3) is 0.226. The maximum atomic E-state index is 13.8. The van der Waals surface area contributed by atoms with Crippen molar-refractivity contribution in [2.24, 2.45) is 0 Å². The number of hydrogen-bond donors (Lipinski definition) is 1. The Morgan fingerprint density at radius 2 is 1.75 bits per heavy atom. The summed E-state index contributed by atoms with van der Waals surface area (Å²) in [5.74, 6) is -0.219. The number of ketones is 1. The summed E-state index contributed by atoms with van der Waals surface area (Å²) in [5, 5.41) is 4.37. The fourth-order valence-electron chi connectivity index (χ4n) is 5.09. The summed E-state index contributed by atoms with van der Waals surface area (Å²) in [5.41, 5.74) is 5.16. The molecule has 0 aromatic heterocycles. The van der Waals surface area contributed by atoms with Gasteiger partial charge in [0.1, 0.15) is 6.61 Å². The first-order valence-corrected chi connectivity index (χ1v) is 14.6. The first-order chi connectivity index (χ1) is 19.2. The molecule has 5 rings (SSSR count). The van der Waals surface area contributed by atoms with Crippen LogP contribution in [-0.2, 0) is 16.1 Å². The molecule has 0 saturated carbocycles. The number of Topliss-reactive ketones (excluding diaryl/α,β-unsaturated/α-hetero) is 1. The van der Waals surface area contributed by atoms with Crippen molar-refractivity contribution in [3.05, 3.63) is 107 Å². The number of hydrogen-bond acceptors (Lipinski definition) is 6. The largest absolute Gasteiger partial charge is 0.490 e. The van der Waals surface area contributed by atoms with Crippen LogP contribution in [0.25, 0.3) is 5.70 Å². The van der Waals surface area contributed by atoms with E-state index in [1.54, 1.807) is 19.1 Å². The van der Waals surface area contributed by atoms with Crippen molar-refractivity contribution in [2.75, 3.05) is 13.2 Å². The molecular weight excluding hydrogens is 664 g/mol. The van der Waals surface area contributed by atoms with Crippen LogP contribution in [0, 0.1) is 3.57 Å². The average Bonchev–Trinajstić information content (AvgIpc) is 3.20. The summed E-state index contributed by atoms with van der Waals surface area (Å²) in [4.78, 5) is 27.1. The van der Waals surface area contributed by atoms with E-state index in [1.165, 1.54) is 0 Å². The highest BCUT2D eigenvalue weighted by molar-refractivity contribution is 14.1. The number of esters is 1. The topological polar surface area (TPSA) is 73.9 Å². The van der Waals surface area contributed by atoms with Crippen molar-refractivity contribution >= 4 is 63.2 Å². The highest BCUT2D eigenvalue weighted by Gasteiger charge is 2.43. The Labute approximate surface area is 256 Å². The Kier molecular flexibility index (Phi) is 8.44.